The van der Waals surface area contributed by atoms with Gasteiger partial charge in [0.2, 0.25) is 0 Å². The van der Waals surface area contributed by atoms with Gasteiger partial charge in [-0.05, 0) is 32.4 Å². The van der Waals surface area contributed by atoms with Crippen molar-refractivity contribution in [3.63, 3.8) is 0 Å². The van der Waals surface area contributed by atoms with E-state index in [2.05, 4.69) is 0 Å². The van der Waals surface area contributed by atoms with E-state index in [1.165, 1.54) is 0 Å². The maximum absolute atomic E-state index is 12.4. The molecule has 1 fully saturated rings. The number of hydrogen-bond donors (Lipinski definition) is 1. The Morgan fingerprint density at radius 1 is 1.50 bits per heavy atom. The molecule has 1 aromatic carbocycles. The third-order valence-electron chi connectivity index (χ3n) is 3.54. The first kappa shape index (κ1) is 12.9. The molecule has 1 saturated heterocycles. The summed E-state index contributed by atoms with van der Waals surface area (Å²) in [5.41, 5.74) is 1.32. The normalized spacial score (nSPS) is 23.1. The molecule has 2 unspecified atom stereocenters. The Balaban J connectivity index is 2.22. The van der Waals surface area contributed by atoms with E-state index in [-0.39, 0.29) is 23.8 Å². The first-order chi connectivity index (χ1) is 8.50. The molecule has 0 aromatic heterocycles. The molecule has 0 bridgehead atoms. The van der Waals surface area contributed by atoms with Crippen LogP contribution in [0.3, 0.4) is 0 Å². The Morgan fingerprint density at radius 3 is 2.83 bits per heavy atom. The highest BCUT2D eigenvalue weighted by Crippen LogP contribution is 2.24. The van der Waals surface area contributed by atoms with Crippen molar-refractivity contribution in [1.82, 2.24) is 4.90 Å². The SMILES string of the molecule is Cc1ccc(O)c(C(=O)N(C)C2CCOC2C)c1. The predicted molar refractivity (Wildman–Crippen MR) is 68.8 cm³/mol. The first-order valence-corrected chi connectivity index (χ1v) is 6.19. The fraction of sp³-hybridized carbons (Fsp3) is 0.500. The summed E-state index contributed by atoms with van der Waals surface area (Å²) in [4.78, 5) is 14.0. The van der Waals surface area contributed by atoms with Crippen LogP contribution in [0.15, 0.2) is 18.2 Å². The Bertz CT molecular complexity index is 458. The van der Waals surface area contributed by atoms with Gasteiger partial charge < -0.3 is 14.7 Å². The number of benzene rings is 1. The molecule has 1 amide bonds. The summed E-state index contributed by atoms with van der Waals surface area (Å²) in [7, 11) is 1.76. The fourth-order valence-electron chi connectivity index (χ4n) is 2.39. The third-order valence-corrected chi connectivity index (χ3v) is 3.54. The number of aryl methyl sites for hydroxylation is 1. The Kier molecular flexibility index (Phi) is 3.57. The van der Waals surface area contributed by atoms with Gasteiger partial charge >= 0.3 is 0 Å². The third kappa shape index (κ3) is 2.34. The second kappa shape index (κ2) is 4.98. The van der Waals surface area contributed by atoms with Crippen LogP contribution in [0, 0.1) is 6.92 Å². The summed E-state index contributed by atoms with van der Waals surface area (Å²) in [6, 6.07) is 5.14. The molecular formula is C14H19NO3. The number of likely N-dealkylation sites (N-methyl/N-ethyl adjacent to an activating group) is 1. The average molecular weight is 249 g/mol. The summed E-state index contributed by atoms with van der Waals surface area (Å²) in [6.07, 6.45) is 0.890. The quantitative estimate of drug-likeness (QED) is 0.871. The van der Waals surface area contributed by atoms with Crippen molar-refractivity contribution in [2.75, 3.05) is 13.7 Å². The zero-order valence-corrected chi connectivity index (χ0v) is 11.0. The summed E-state index contributed by atoms with van der Waals surface area (Å²) in [5, 5.41) is 9.78. The lowest BCUT2D eigenvalue weighted by atomic mass is 10.1. The van der Waals surface area contributed by atoms with Crippen molar-refractivity contribution in [3.05, 3.63) is 29.3 Å². The van der Waals surface area contributed by atoms with Crippen molar-refractivity contribution in [3.8, 4) is 5.75 Å². The number of carbonyl (C=O) groups excluding carboxylic acids is 1. The van der Waals surface area contributed by atoms with Gasteiger partial charge in [0.05, 0.1) is 17.7 Å². The monoisotopic (exact) mass is 249 g/mol. The van der Waals surface area contributed by atoms with Crippen molar-refractivity contribution in [2.45, 2.75) is 32.4 Å². The number of amides is 1. The molecular weight excluding hydrogens is 230 g/mol. The van der Waals surface area contributed by atoms with Crippen LogP contribution in [0.4, 0.5) is 0 Å². The fourth-order valence-corrected chi connectivity index (χ4v) is 2.39. The molecule has 1 aliphatic rings. The Morgan fingerprint density at radius 2 is 2.22 bits per heavy atom. The minimum atomic E-state index is -0.154. The highest BCUT2D eigenvalue weighted by Gasteiger charge is 2.31. The molecule has 4 heteroatoms. The van der Waals surface area contributed by atoms with Crippen LogP contribution < -0.4 is 0 Å². The van der Waals surface area contributed by atoms with Crippen molar-refractivity contribution < 1.29 is 14.6 Å². The zero-order chi connectivity index (χ0) is 13.3. The van der Waals surface area contributed by atoms with Crippen LogP contribution in [0.25, 0.3) is 0 Å². The van der Waals surface area contributed by atoms with E-state index < -0.39 is 0 Å². The first-order valence-electron chi connectivity index (χ1n) is 6.19. The molecule has 2 atom stereocenters. The number of ether oxygens (including phenoxy) is 1. The summed E-state index contributed by atoms with van der Waals surface area (Å²) >= 11 is 0. The topological polar surface area (TPSA) is 49.8 Å². The lowest BCUT2D eigenvalue weighted by Crippen LogP contribution is -2.41. The second-order valence-corrected chi connectivity index (χ2v) is 4.87. The molecule has 0 radical (unpaired) electrons. The Labute approximate surface area is 107 Å². The van der Waals surface area contributed by atoms with Gasteiger partial charge in [0.25, 0.3) is 5.91 Å². The molecule has 1 aliphatic heterocycles. The molecule has 0 saturated carbocycles. The Hall–Kier alpha value is -1.55. The standard InChI is InChI=1S/C14H19NO3/c1-9-4-5-13(16)11(8-9)14(17)15(3)12-6-7-18-10(12)2/h4-5,8,10,12,16H,6-7H2,1-3H3. The van der Waals surface area contributed by atoms with Crippen LogP contribution in [0.2, 0.25) is 0 Å². The molecule has 18 heavy (non-hydrogen) atoms. The molecule has 1 aromatic rings. The second-order valence-electron chi connectivity index (χ2n) is 4.87. The van der Waals surface area contributed by atoms with Crippen LogP contribution in [-0.4, -0.2) is 41.7 Å². The van der Waals surface area contributed by atoms with Gasteiger partial charge in [-0.25, -0.2) is 0 Å². The molecule has 2 rings (SSSR count). The number of phenols is 1. The zero-order valence-electron chi connectivity index (χ0n) is 11.0. The van der Waals surface area contributed by atoms with E-state index in [9.17, 15) is 9.90 Å². The van der Waals surface area contributed by atoms with Gasteiger partial charge in [0.1, 0.15) is 5.75 Å². The average Bonchev–Trinajstić information content (AvgIpc) is 2.77. The summed E-state index contributed by atoms with van der Waals surface area (Å²) in [6.45, 7) is 4.55. The van der Waals surface area contributed by atoms with Gasteiger partial charge in [-0.2, -0.15) is 0 Å². The molecule has 0 aliphatic carbocycles. The highest BCUT2D eigenvalue weighted by atomic mass is 16.5. The van der Waals surface area contributed by atoms with Gasteiger partial charge in [-0.15, -0.1) is 0 Å². The smallest absolute Gasteiger partial charge is 0.257 e. The van der Waals surface area contributed by atoms with Crippen LogP contribution >= 0.6 is 0 Å². The van der Waals surface area contributed by atoms with Gasteiger partial charge in [0.15, 0.2) is 0 Å². The number of rotatable bonds is 2. The minimum absolute atomic E-state index is 0.0315. The summed E-state index contributed by atoms with van der Waals surface area (Å²) in [5.74, 6) is -0.123. The number of nitrogens with zero attached hydrogens (tertiary/aromatic N) is 1. The predicted octanol–water partition coefficient (Wildman–Crippen LogP) is 1.95. The van der Waals surface area contributed by atoms with E-state index in [4.69, 9.17) is 4.74 Å². The van der Waals surface area contributed by atoms with Crippen molar-refractivity contribution >= 4 is 5.91 Å². The van der Waals surface area contributed by atoms with Crippen LogP contribution in [0.5, 0.6) is 5.75 Å². The van der Waals surface area contributed by atoms with Crippen molar-refractivity contribution in [2.24, 2.45) is 0 Å². The molecule has 98 valence electrons. The summed E-state index contributed by atoms with van der Waals surface area (Å²) < 4.78 is 5.47. The maximum atomic E-state index is 12.4. The minimum Gasteiger partial charge on any atom is -0.507 e. The van der Waals surface area contributed by atoms with Crippen LogP contribution in [-0.2, 0) is 4.74 Å². The molecule has 4 nitrogen and oxygen atoms in total. The van der Waals surface area contributed by atoms with E-state index in [1.807, 2.05) is 13.8 Å². The lowest BCUT2D eigenvalue weighted by molar-refractivity contribution is 0.0572. The van der Waals surface area contributed by atoms with Gasteiger partial charge in [0, 0.05) is 13.7 Å². The highest BCUT2D eigenvalue weighted by molar-refractivity contribution is 5.97. The van der Waals surface area contributed by atoms with E-state index >= 15 is 0 Å². The maximum Gasteiger partial charge on any atom is 0.257 e. The van der Waals surface area contributed by atoms with E-state index in [0.29, 0.717) is 12.2 Å². The molecule has 1 heterocycles. The van der Waals surface area contributed by atoms with Crippen molar-refractivity contribution in [1.29, 1.82) is 0 Å². The molecule has 0 spiro atoms. The lowest BCUT2D eigenvalue weighted by Gasteiger charge is -2.27. The van der Waals surface area contributed by atoms with E-state index in [0.717, 1.165) is 12.0 Å². The number of phenolic OH excluding ortho intramolecular Hbond substituents is 1. The largest absolute Gasteiger partial charge is 0.507 e. The number of aromatic hydroxyl groups is 1. The molecule has 1 N–H and O–H groups in total. The number of carbonyl (C=O) groups is 1. The van der Waals surface area contributed by atoms with E-state index in [1.54, 1.807) is 30.1 Å². The van der Waals surface area contributed by atoms with Crippen LogP contribution in [0.1, 0.15) is 29.3 Å². The van der Waals surface area contributed by atoms with Gasteiger partial charge in [-0.1, -0.05) is 11.6 Å². The number of hydrogen-bond acceptors (Lipinski definition) is 3. The van der Waals surface area contributed by atoms with Gasteiger partial charge in [-0.3, -0.25) is 4.79 Å².